The molecule has 14 heavy (non-hydrogen) atoms. The van der Waals surface area contributed by atoms with Crippen LogP contribution in [-0.2, 0) is 0 Å². The van der Waals surface area contributed by atoms with Crippen LogP contribution in [0.4, 0.5) is 0 Å². The maximum Gasteiger partial charge on any atom is 0.0944 e. The lowest BCUT2D eigenvalue weighted by Gasteiger charge is -2.29. The molecule has 2 rings (SSSR count). The largest absolute Gasteiger partial charge is 0.387 e. The van der Waals surface area contributed by atoms with Crippen LogP contribution in [-0.4, -0.2) is 15.6 Å². The Balaban J connectivity index is 2.23. The highest BCUT2D eigenvalue weighted by Gasteiger charge is 2.38. The standard InChI is InChI=1S/C11H16OS2/c1-8-9(4-7-13-8)10(12)11(2)5-3-6-14-11/h4,7,10,12H,3,5-6H2,1-2H3. The molecule has 2 heterocycles. The van der Waals surface area contributed by atoms with Crippen LogP contribution in [0.2, 0.25) is 0 Å². The number of aryl methyl sites for hydroxylation is 1. The van der Waals surface area contributed by atoms with E-state index in [0.717, 1.165) is 12.0 Å². The van der Waals surface area contributed by atoms with Gasteiger partial charge in [-0.25, -0.2) is 0 Å². The van der Waals surface area contributed by atoms with Gasteiger partial charge in [-0.3, -0.25) is 0 Å². The third-order valence-corrected chi connectivity index (χ3v) is 5.46. The summed E-state index contributed by atoms with van der Waals surface area (Å²) in [6, 6.07) is 2.06. The molecule has 1 aliphatic rings. The molecule has 78 valence electrons. The van der Waals surface area contributed by atoms with Gasteiger partial charge in [0, 0.05) is 9.62 Å². The van der Waals surface area contributed by atoms with Crippen molar-refractivity contribution in [2.45, 2.75) is 37.5 Å². The Bertz CT molecular complexity index is 313. The lowest BCUT2D eigenvalue weighted by Crippen LogP contribution is -2.26. The fraction of sp³-hybridized carbons (Fsp3) is 0.636. The second-order valence-corrected chi connectivity index (χ2v) is 6.85. The summed E-state index contributed by atoms with van der Waals surface area (Å²) >= 11 is 3.64. The molecule has 0 radical (unpaired) electrons. The highest BCUT2D eigenvalue weighted by Crippen LogP contribution is 2.47. The topological polar surface area (TPSA) is 20.2 Å². The van der Waals surface area contributed by atoms with Crippen LogP contribution in [0.1, 0.15) is 36.3 Å². The van der Waals surface area contributed by atoms with Crippen molar-refractivity contribution in [3.8, 4) is 0 Å². The minimum atomic E-state index is -0.291. The first-order chi connectivity index (χ1) is 6.63. The van der Waals surface area contributed by atoms with Gasteiger partial charge in [-0.1, -0.05) is 0 Å². The first-order valence-corrected chi connectivity index (χ1v) is 6.86. The van der Waals surface area contributed by atoms with Gasteiger partial charge in [0.05, 0.1) is 6.10 Å². The van der Waals surface area contributed by atoms with Gasteiger partial charge in [0.15, 0.2) is 0 Å². The fourth-order valence-corrected chi connectivity index (χ4v) is 4.09. The van der Waals surface area contributed by atoms with Crippen molar-refractivity contribution < 1.29 is 5.11 Å². The Morgan fingerprint density at radius 3 is 2.86 bits per heavy atom. The summed E-state index contributed by atoms with van der Waals surface area (Å²) in [5.74, 6) is 1.19. The minimum absolute atomic E-state index is 0.0475. The van der Waals surface area contributed by atoms with Crippen molar-refractivity contribution in [2.75, 3.05) is 5.75 Å². The predicted octanol–water partition coefficient (Wildman–Crippen LogP) is 3.38. The molecule has 0 aliphatic carbocycles. The summed E-state index contributed by atoms with van der Waals surface area (Å²) in [7, 11) is 0. The fourth-order valence-electron chi connectivity index (χ4n) is 2.02. The van der Waals surface area contributed by atoms with Gasteiger partial charge >= 0.3 is 0 Å². The molecule has 1 N–H and O–H groups in total. The smallest absolute Gasteiger partial charge is 0.0944 e. The zero-order chi connectivity index (χ0) is 10.2. The first-order valence-electron chi connectivity index (χ1n) is 4.99. The van der Waals surface area contributed by atoms with E-state index < -0.39 is 0 Å². The molecule has 1 saturated heterocycles. The zero-order valence-electron chi connectivity index (χ0n) is 8.62. The molecule has 2 atom stereocenters. The second kappa shape index (κ2) is 3.87. The summed E-state index contributed by atoms with van der Waals surface area (Å²) in [6.07, 6.45) is 2.08. The van der Waals surface area contributed by atoms with Gasteiger partial charge in [-0.15, -0.1) is 11.3 Å². The predicted molar refractivity (Wildman–Crippen MR) is 64.1 cm³/mol. The highest BCUT2D eigenvalue weighted by molar-refractivity contribution is 8.00. The molecule has 1 aromatic heterocycles. The van der Waals surface area contributed by atoms with Gasteiger partial charge < -0.3 is 5.11 Å². The highest BCUT2D eigenvalue weighted by atomic mass is 32.2. The summed E-state index contributed by atoms with van der Waals surface area (Å²) in [6.45, 7) is 4.28. The number of hydrogen-bond acceptors (Lipinski definition) is 3. The molecule has 0 amide bonds. The molecule has 1 nitrogen and oxygen atoms in total. The number of hydrogen-bond donors (Lipinski definition) is 1. The van der Waals surface area contributed by atoms with Crippen LogP contribution in [0.25, 0.3) is 0 Å². The molecule has 0 spiro atoms. The maximum atomic E-state index is 10.3. The van der Waals surface area contributed by atoms with Gasteiger partial charge in [0.25, 0.3) is 0 Å². The third kappa shape index (κ3) is 1.73. The van der Waals surface area contributed by atoms with Crippen LogP contribution < -0.4 is 0 Å². The number of thioether (sulfide) groups is 1. The van der Waals surface area contributed by atoms with E-state index in [9.17, 15) is 5.11 Å². The molecule has 1 fully saturated rings. The maximum absolute atomic E-state index is 10.3. The van der Waals surface area contributed by atoms with Crippen LogP contribution in [0.15, 0.2) is 11.4 Å². The van der Waals surface area contributed by atoms with Gasteiger partial charge in [-0.05, 0) is 49.5 Å². The second-order valence-electron chi connectivity index (χ2n) is 4.10. The van der Waals surface area contributed by atoms with Crippen molar-refractivity contribution in [2.24, 2.45) is 0 Å². The lowest BCUT2D eigenvalue weighted by atomic mass is 9.93. The average molecular weight is 228 g/mol. The summed E-state index contributed by atoms with van der Waals surface area (Å²) in [4.78, 5) is 1.26. The van der Waals surface area contributed by atoms with E-state index in [2.05, 4.69) is 25.3 Å². The number of aliphatic hydroxyl groups is 1. The van der Waals surface area contributed by atoms with E-state index in [1.165, 1.54) is 17.1 Å². The zero-order valence-corrected chi connectivity index (χ0v) is 10.3. The lowest BCUT2D eigenvalue weighted by molar-refractivity contribution is 0.135. The van der Waals surface area contributed by atoms with Gasteiger partial charge in [0.2, 0.25) is 0 Å². The molecule has 0 saturated carbocycles. The average Bonchev–Trinajstić information content (AvgIpc) is 2.74. The Labute approximate surface area is 93.5 Å². The van der Waals surface area contributed by atoms with Gasteiger partial charge in [0.1, 0.15) is 0 Å². The molecule has 0 bridgehead atoms. The summed E-state index contributed by atoms with van der Waals surface area (Å²) in [5.41, 5.74) is 1.13. The normalized spacial score (nSPS) is 29.4. The molecule has 0 aromatic carbocycles. The Kier molecular flexibility index (Phi) is 2.91. The minimum Gasteiger partial charge on any atom is -0.387 e. The summed E-state index contributed by atoms with van der Waals surface area (Å²) in [5, 5.41) is 12.4. The van der Waals surface area contributed by atoms with E-state index in [1.54, 1.807) is 11.3 Å². The van der Waals surface area contributed by atoms with Crippen molar-refractivity contribution in [3.63, 3.8) is 0 Å². The van der Waals surface area contributed by atoms with Crippen LogP contribution >= 0.6 is 23.1 Å². The van der Waals surface area contributed by atoms with Crippen molar-refractivity contribution in [1.82, 2.24) is 0 Å². The molecule has 2 unspecified atom stereocenters. The molecule has 1 aliphatic heterocycles. The Morgan fingerprint density at radius 2 is 2.36 bits per heavy atom. The van der Waals surface area contributed by atoms with E-state index >= 15 is 0 Å². The first kappa shape index (κ1) is 10.5. The quantitative estimate of drug-likeness (QED) is 0.837. The molecule has 3 heteroatoms. The van der Waals surface area contributed by atoms with Crippen LogP contribution in [0.3, 0.4) is 0 Å². The number of aliphatic hydroxyl groups excluding tert-OH is 1. The van der Waals surface area contributed by atoms with Crippen LogP contribution in [0, 0.1) is 6.92 Å². The molecule has 1 aromatic rings. The Hall–Kier alpha value is 0.01000. The van der Waals surface area contributed by atoms with E-state index in [1.807, 2.05) is 11.8 Å². The van der Waals surface area contributed by atoms with Crippen LogP contribution in [0.5, 0.6) is 0 Å². The van der Waals surface area contributed by atoms with Crippen molar-refractivity contribution in [3.05, 3.63) is 21.9 Å². The summed E-state index contributed by atoms with van der Waals surface area (Å²) < 4.78 is 0.0475. The monoisotopic (exact) mass is 228 g/mol. The third-order valence-electron chi connectivity index (χ3n) is 3.02. The van der Waals surface area contributed by atoms with Crippen molar-refractivity contribution in [1.29, 1.82) is 0 Å². The number of thiophene rings is 1. The van der Waals surface area contributed by atoms with Gasteiger partial charge in [-0.2, -0.15) is 11.8 Å². The number of rotatable bonds is 2. The Morgan fingerprint density at radius 1 is 1.57 bits per heavy atom. The van der Waals surface area contributed by atoms with E-state index in [-0.39, 0.29) is 10.9 Å². The molecular formula is C11H16OS2. The van der Waals surface area contributed by atoms with E-state index in [4.69, 9.17) is 0 Å². The SMILES string of the molecule is Cc1sccc1C(O)C1(C)CCCS1. The van der Waals surface area contributed by atoms with Crippen molar-refractivity contribution >= 4 is 23.1 Å². The van der Waals surface area contributed by atoms with E-state index in [0.29, 0.717) is 0 Å². The molecular weight excluding hydrogens is 212 g/mol.